The Kier molecular flexibility index (Phi) is 5.63. The second-order valence-corrected chi connectivity index (χ2v) is 5.11. The molecule has 0 aromatic heterocycles. The van der Waals surface area contributed by atoms with E-state index in [1.807, 2.05) is 24.3 Å². The first-order valence-corrected chi connectivity index (χ1v) is 6.95. The van der Waals surface area contributed by atoms with Gasteiger partial charge >= 0.3 is 0 Å². The number of rotatable bonds is 6. The Morgan fingerprint density at radius 2 is 2.16 bits per heavy atom. The van der Waals surface area contributed by atoms with E-state index >= 15 is 0 Å². The van der Waals surface area contributed by atoms with Crippen molar-refractivity contribution >= 4 is 17.5 Å². The highest BCUT2D eigenvalue weighted by Gasteiger charge is 2.14. The molecule has 1 atom stereocenters. The van der Waals surface area contributed by atoms with Crippen LogP contribution in [-0.2, 0) is 16.1 Å². The molecule has 1 saturated heterocycles. The highest BCUT2D eigenvalue weighted by Crippen LogP contribution is 2.10. The van der Waals surface area contributed by atoms with Gasteiger partial charge in [-0.1, -0.05) is 23.7 Å². The van der Waals surface area contributed by atoms with Gasteiger partial charge in [-0.3, -0.25) is 4.79 Å². The monoisotopic (exact) mass is 282 g/mol. The molecule has 1 aliphatic heterocycles. The normalized spacial score (nSPS) is 18.5. The third-order valence-electron chi connectivity index (χ3n) is 3.08. The Bertz CT molecular complexity index is 402. The van der Waals surface area contributed by atoms with Crippen molar-refractivity contribution in [3.05, 3.63) is 34.9 Å². The average Bonchev–Trinajstić information content (AvgIpc) is 2.91. The van der Waals surface area contributed by atoms with Crippen molar-refractivity contribution < 1.29 is 9.53 Å². The lowest BCUT2D eigenvalue weighted by Gasteiger charge is -2.10. The van der Waals surface area contributed by atoms with Gasteiger partial charge in [-0.2, -0.15) is 0 Å². The summed E-state index contributed by atoms with van der Waals surface area (Å²) in [7, 11) is 0. The smallest absolute Gasteiger partial charge is 0.234 e. The van der Waals surface area contributed by atoms with Crippen LogP contribution < -0.4 is 10.6 Å². The third-order valence-corrected chi connectivity index (χ3v) is 3.34. The quantitative estimate of drug-likeness (QED) is 0.835. The summed E-state index contributed by atoms with van der Waals surface area (Å²) in [6.45, 7) is 2.44. The first-order valence-electron chi connectivity index (χ1n) is 6.57. The van der Waals surface area contributed by atoms with Gasteiger partial charge in [0.1, 0.15) is 0 Å². The molecule has 0 spiro atoms. The van der Waals surface area contributed by atoms with Crippen LogP contribution in [0.1, 0.15) is 18.4 Å². The minimum atomic E-state index is -0.00653. The van der Waals surface area contributed by atoms with Crippen LogP contribution in [0.15, 0.2) is 24.3 Å². The molecular formula is C14H19ClN2O2. The SMILES string of the molecule is O=C(CNCC1CCCO1)NCc1ccc(Cl)cc1. The van der Waals surface area contributed by atoms with Crippen LogP contribution >= 0.6 is 11.6 Å². The molecule has 1 aromatic carbocycles. The van der Waals surface area contributed by atoms with Crippen molar-refractivity contribution in [3.8, 4) is 0 Å². The lowest BCUT2D eigenvalue weighted by atomic mass is 10.2. The second-order valence-electron chi connectivity index (χ2n) is 4.67. The molecule has 2 N–H and O–H groups in total. The standard InChI is InChI=1S/C14H19ClN2O2/c15-12-5-3-11(4-6-12)8-17-14(18)10-16-9-13-2-1-7-19-13/h3-6,13,16H,1-2,7-10H2,(H,17,18). The lowest BCUT2D eigenvalue weighted by Crippen LogP contribution is -2.36. The van der Waals surface area contributed by atoms with Gasteiger partial charge in [0, 0.05) is 24.7 Å². The first kappa shape index (κ1) is 14.3. The van der Waals surface area contributed by atoms with E-state index in [1.54, 1.807) is 0 Å². The van der Waals surface area contributed by atoms with Crippen molar-refractivity contribution in [2.45, 2.75) is 25.5 Å². The number of hydrogen-bond acceptors (Lipinski definition) is 3. The first-order chi connectivity index (χ1) is 9.24. The van der Waals surface area contributed by atoms with Crippen molar-refractivity contribution in [1.82, 2.24) is 10.6 Å². The third kappa shape index (κ3) is 5.19. The molecule has 2 rings (SSSR count). The second kappa shape index (κ2) is 7.48. The Morgan fingerprint density at radius 1 is 1.37 bits per heavy atom. The van der Waals surface area contributed by atoms with E-state index in [-0.39, 0.29) is 12.0 Å². The summed E-state index contributed by atoms with van der Waals surface area (Å²) in [5.74, 6) is -0.00653. The summed E-state index contributed by atoms with van der Waals surface area (Å²) in [6, 6.07) is 7.45. The number of amides is 1. The van der Waals surface area contributed by atoms with Crippen LogP contribution in [0.5, 0.6) is 0 Å². The van der Waals surface area contributed by atoms with Crippen LogP contribution in [0.4, 0.5) is 0 Å². The molecule has 104 valence electrons. The maximum Gasteiger partial charge on any atom is 0.234 e. The van der Waals surface area contributed by atoms with Crippen molar-refractivity contribution in [2.24, 2.45) is 0 Å². The van der Waals surface area contributed by atoms with Crippen molar-refractivity contribution in [3.63, 3.8) is 0 Å². The van der Waals surface area contributed by atoms with Gasteiger partial charge in [-0.05, 0) is 30.5 Å². The van der Waals surface area contributed by atoms with Gasteiger partial charge in [-0.15, -0.1) is 0 Å². The van der Waals surface area contributed by atoms with E-state index in [4.69, 9.17) is 16.3 Å². The molecule has 0 radical (unpaired) electrons. The van der Waals surface area contributed by atoms with Crippen LogP contribution in [0.3, 0.4) is 0 Å². The fourth-order valence-electron chi connectivity index (χ4n) is 2.02. The number of benzene rings is 1. The topological polar surface area (TPSA) is 50.4 Å². The number of carbonyl (C=O) groups is 1. The molecular weight excluding hydrogens is 264 g/mol. The molecule has 19 heavy (non-hydrogen) atoms. The number of carbonyl (C=O) groups excluding carboxylic acids is 1. The van der Waals surface area contributed by atoms with Crippen LogP contribution in [0.2, 0.25) is 5.02 Å². The minimum absolute atomic E-state index is 0.00653. The van der Waals surface area contributed by atoms with E-state index in [0.29, 0.717) is 18.1 Å². The van der Waals surface area contributed by atoms with E-state index in [2.05, 4.69) is 10.6 Å². The van der Waals surface area contributed by atoms with Crippen molar-refractivity contribution in [2.75, 3.05) is 19.7 Å². The molecule has 0 bridgehead atoms. The largest absolute Gasteiger partial charge is 0.377 e. The molecule has 4 nitrogen and oxygen atoms in total. The van der Waals surface area contributed by atoms with Crippen LogP contribution in [-0.4, -0.2) is 31.7 Å². The fraction of sp³-hybridized carbons (Fsp3) is 0.500. The van der Waals surface area contributed by atoms with E-state index in [0.717, 1.165) is 31.6 Å². The Morgan fingerprint density at radius 3 is 2.84 bits per heavy atom. The highest BCUT2D eigenvalue weighted by molar-refractivity contribution is 6.30. The number of hydrogen-bond donors (Lipinski definition) is 2. The molecule has 1 heterocycles. The molecule has 1 fully saturated rings. The molecule has 0 saturated carbocycles. The summed E-state index contributed by atoms with van der Waals surface area (Å²) in [5.41, 5.74) is 1.04. The molecule has 1 amide bonds. The lowest BCUT2D eigenvalue weighted by molar-refractivity contribution is -0.120. The number of nitrogens with one attached hydrogen (secondary N) is 2. The van der Waals surface area contributed by atoms with Gasteiger partial charge in [0.05, 0.1) is 12.6 Å². The number of halogens is 1. The Balaban J connectivity index is 1.60. The van der Waals surface area contributed by atoms with Gasteiger partial charge in [0.25, 0.3) is 0 Å². The van der Waals surface area contributed by atoms with E-state index in [9.17, 15) is 4.79 Å². The Labute approximate surface area is 118 Å². The van der Waals surface area contributed by atoms with Gasteiger partial charge in [0.15, 0.2) is 0 Å². The van der Waals surface area contributed by atoms with Crippen LogP contribution in [0, 0.1) is 0 Å². The summed E-state index contributed by atoms with van der Waals surface area (Å²) in [5, 5.41) is 6.67. The average molecular weight is 283 g/mol. The molecule has 5 heteroatoms. The van der Waals surface area contributed by atoms with Gasteiger partial charge < -0.3 is 15.4 Å². The van der Waals surface area contributed by atoms with Crippen LogP contribution in [0.25, 0.3) is 0 Å². The minimum Gasteiger partial charge on any atom is -0.377 e. The predicted octanol–water partition coefficient (Wildman–Crippen LogP) is 1.72. The summed E-state index contributed by atoms with van der Waals surface area (Å²) in [4.78, 5) is 11.6. The summed E-state index contributed by atoms with van der Waals surface area (Å²) in [6.07, 6.45) is 2.47. The molecule has 1 unspecified atom stereocenters. The van der Waals surface area contributed by atoms with Crippen molar-refractivity contribution in [1.29, 1.82) is 0 Å². The predicted molar refractivity (Wildman–Crippen MR) is 75.1 cm³/mol. The summed E-state index contributed by atoms with van der Waals surface area (Å²) < 4.78 is 5.47. The zero-order valence-corrected chi connectivity index (χ0v) is 11.6. The van der Waals surface area contributed by atoms with Gasteiger partial charge in [-0.25, -0.2) is 0 Å². The molecule has 1 aliphatic rings. The highest BCUT2D eigenvalue weighted by atomic mass is 35.5. The zero-order chi connectivity index (χ0) is 13.5. The van der Waals surface area contributed by atoms with E-state index < -0.39 is 0 Å². The zero-order valence-electron chi connectivity index (χ0n) is 10.8. The Hall–Kier alpha value is -1.10. The van der Waals surface area contributed by atoms with E-state index in [1.165, 1.54) is 0 Å². The molecule has 1 aromatic rings. The molecule has 0 aliphatic carbocycles. The number of ether oxygens (including phenoxy) is 1. The summed E-state index contributed by atoms with van der Waals surface area (Å²) >= 11 is 5.80. The fourth-order valence-corrected chi connectivity index (χ4v) is 2.14. The maximum absolute atomic E-state index is 11.6. The van der Waals surface area contributed by atoms with Gasteiger partial charge in [0.2, 0.25) is 5.91 Å². The maximum atomic E-state index is 11.6.